The van der Waals surface area contributed by atoms with Crippen LogP contribution in [0.15, 0.2) is 103 Å². The van der Waals surface area contributed by atoms with Crippen molar-refractivity contribution in [2.45, 2.75) is 53.2 Å². The second-order valence-electron chi connectivity index (χ2n) is 11.4. The van der Waals surface area contributed by atoms with Crippen LogP contribution in [0.2, 0.25) is 0 Å². The maximum absolute atomic E-state index is 7.28. The van der Waals surface area contributed by atoms with E-state index in [-0.39, 0.29) is 31.2 Å². The fourth-order valence-electron chi connectivity index (χ4n) is 5.42. The molecule has 3 aromatic heterocycles. The van der Waals surface area contributed by atoms with E-state index in [2.05, 4.69) is 115 Å². The molecule has 0 saturated heterocycles. The SMILES string of the molecule is CC(C)c1cccc(C(C)C)c1-n1c(-c2[c-]sc3ccccc23)nc2ccccc21.[2H]C([2H])([2H])c1c[c-]c(-c2ccc(C([2H])([2H])[2H])cn2)cc1.[Ir]. The van der Waals surface area contributed by atoms with Crippen LogP contribution in [0.3, 0.4) is 0 Å². The van der Waals surface area contributed by atoms with Gasteiger partial charge in [0.2, 0.25) is 0 Å². The van der Waals surface area contributed by atoms with Crippen LogP contribution in [0.1, 0.15) is 70.0 Å². The van der Waals surface area contributed by atoms with Crippen molar-refractivity contribution in [3.8, 4) is 28.3 Å². The molecule has 0 aliphatic heterocycles. The van der Waals surface area contributed by atoms with E-state index < -0.39 is 13.7 Å². The predicted octanol–water partition coefficient (Wildman–Crippen LogP) is 11.1. The summed E-state index contributed by atoms with van der Waals surface area (Å²) in [5, 5.41) is 4.77. The molecule has 0 fully saturated rings. The molecule has 7 rings (SSSR count). The first-order chi connectivity index (χ1) is 23.7. The Morgan fingerprint density at radius 2 is 1.49 bits per heavy atom. The minimum absolute atomic E-state index is 0. The Morgan fingerprint density at radius 1 is 0.778 bits per heavy atom. The molecular weight excluding hydrogens is 747 g/mol. The Balaban J connectivity index is 0.000000211. The summed E-state index contributed by atoms with van der Waals surface area (Å²) in [5.74, 6) is 1.80. The largest absolute Gasteiger partial charge is 0.333 e. The van der Waals surface area contributed by atoms with E-state index in [1.165, 1.54) is 51.3 Å². The molecule has 0 atom stereocenters. The molecule has 1 radical (unpaired) electrons. The van der Waals surface area contributed by atoms with Crippen molar-refractivity contribution < 1.29 is 28.3 Å². The summed E-state index contributed by atoms with van der Waals surface area (Å²) in [6, 6.07) is 34.1. The molecular formula is C40H37IrN3S-2. The van der Waals surface area contributed by atoms with Gasteiger partial charge in [0.05, 0.1) is 16.9 Å². The van der Waals surface area contributed by atoms with Gasteiger partial charge in [-0.05, 0) is 53.2 Å². The van der Waals surface area contributed by atoms with Crippen molar-refractivity contribution in [1.82, 2.24) is 14.5 Å². The molecule has 0 unspecified atom stereocenters. The second-order valence-corrected chi connectivity index (χ2v) is 12.2. The van der Waals surface area contributed by atoms with Gasteiger partial charge in [0.25, 0.3) is 0 Å². The Bertz CT molecular complexity index is 2170. The van der Waals surface area contributed by atoms with Gasteiger partial charge in [-0.3, -0.25) is 16.3 Å². The molecule has 45 heavy (non-hydrogen) atoms. The first kappa shape index (κ1) is 25.3. The number of imidazole rings is 1. The van der Waals surface area contributed by atoms with E-state index >= 15 is 0 Å². The zero-order valence-corrected chi connectivity index (χ0v) is 28.8. The quantitative estimate of drug-likeness (QED) is 0.163. The molecule has 5 heteroatoms. The van der Waals surface area contributed by atoms with Crippen LogP contribution >= 0.6 is 11.3 Å². The first-order valence-corrected chi connectivity index (χ1v) is 15.5. The minimum Gasteiger partial charge on any atom is -0.333 e. The second kappa shape index (κ2) is 14.0. The number of nitrogens with zero attached hydrogens (tertiary/aromatic N) is 3. The third-order valence-corrected chi connectivity index (χ3v) is 8.50. The van der Waals surface area contributed by atoms with Gasteiger partial charge in [0, 0.05) is 40.2 Å². The van der Waals surface area contributed by atoms with E-state index in [1.807, 2.05) is 0 Å². The molecule has 0 amide bonds. The summed E-state index contributed by atoms with van der Waals surface area (Å²) in [7, 11) is 0. The number of aryl methyl sites for hydroxylation is 2. The van der Waals surface area contributed by atoms with Crippen molar-refractivity contribution in [2.75, 3.05) is 0 Å². The molecule has 7 aromatic rings. The molecule has 4 aromatic carbocycles. The van der Waals surface area contributed by atoms with Crippen LogP contribution in [-0.4, -0.2) is 14.5 Å². The van der Waals surface area contributed by atoms with E-state index in [9.17, 15) is 0 Å². The molecule has 0 spiro atoms. The average molecular weight is 790 g/mol. The number of benzene rings is 4. The van der Waals surface area contributed by atoms with Crippen molar-refractivity contribution >= 4 is 32.5 Å². The number of para-hydroxylation sites is 3. The fraction of sp³-hybridized carbons (Fsp3) is 0.200. The summed E-state index contributed by atoms with van der Waals surface area (Å²) in [5.41, 5.74) is 8.77. The number of hydrogen-bond donors (Lipinski definition) is 0. The van der Waals surface area contributed by atoms with Gasteiger partial charge in [-0.25, -0.2) is 0 Å². The monoisotopic (exact) mass is 790 g/mol. The topological polar surface area (TPSA) is 30.7 Å². The smallest absolute Gasteiger partial charge is 0.0774 e. The Labute approximate surface area is 292 Å². The van der Waals surface area contributed by atoms with Gasteiger partial charge in [-0.15, -0.1) is 46.8 Å². The number of pyridine rings is 1. The summed E-state index contributed by atoms with van der Waals surface area (Å²) in [6.07, 6.45) is 1.30. The number of fused-ring (bicyclic) bond motifs is 2. The van der Waals surface area contributed by atoms with E-state index in [0.29, 0.717) is 23.1 Å². The Morgan fingerprint density at radius 3 is 2.16 bits per heavy atom. The predicted molar refractivity (Wildman–Crippen MR) is 187 cm³/mol. The zero-order chi connectivity index (χ0) is 35.8. The van der Waals surface area contributed by atoms with Crippen LogP contribution in [-0.2, 0) is 20.1 Å². The molecule has 3 heterocycles. The van der Waals surface area contributed by atoms with Gasteiger partial charge in [-0.2, -0.15) is 0 Å². The van der Waals surface area contributed by atoms with Gasteiger partial charge in [0.1, 0.15) is 0 Å². The molecule has 0 saturated carbocycles. The fourth-order valence-corrected chi connectivity index (χ4v) is 6.26. The number of thiophene rings is 1. The van der Waals surface area contributed by atoms with Crippen molar-refractivity contribution in [3.63, 3.8) is 0 Å². The Hall–Kier alpha value is -3.89. The Kier molecular flexibility index (Phi) is 7.90. The van der Waals surface area contributed by atoms with Crippen molar-refractivity contribution in [2.24, 2.45) is 0 Å². The number of hydrogen-bond acceptors (Lipinski definition) is 3. The molecule has 0 N–H and O–H groups in total. The van der Waals surface area contributed by atoms with E-state index in [4.69, 9.17) is 13.2 Å². The van der Waals surface area contributed by atoms with Crippen LogP contribution in [0, 0.1) is 25.2 Å². The van der Waals surface area contributed by atoms with Crippen LogP contribution in [0.5, 0.6) is 0 Å². The summed E-state index contributed by atoms with van der Waals surface area (Å²) in [4.78, 5) is 9.20. The van der Waals surface area contributed by atoms with Crippen LogP contribution in [0.25, 0.3) is 49.5 Å². The van der Waals surface area contributed by atoms with E-state index in [0.717, 1.165) is 22.4 Å². The summed E-state index contributed by atoms with van der Waals surface area (Å²) < 4.78 is 47.3. The minimum atomic E-state index is -2.18. The normalized spacial score (nSPS) is 13.6. The van der Waals surface area contributed by atoms with E-state index in [1.54, 1.807) is 23.5 Å². The van der Waals surface area contributed by atoms with Gasteiger partial charge in [0.15, 0.2) is 0 Å². The molecule has 3 nitrogen and oxygen atoms in total. The van der Waals surface area contributed by atoms with Gasteiger partial charge in [-0.1, -0.05) is 111 Å². The summed E-state index contributed by atoms with van der Waals surface area (Å²) in [6.45, 7) is 4.75. The molecule has 0 aliphatic rings. The maximum Gasteiger partial charge on any atom is 0.0774 e. The summed E-state index contributed by atoms with van der Waals surface area (Å²) >= 11 is 1.67. The molecule has 0 aliphatic carbocycles. The first-order valence-electron chi connectivity index (χ1n) is 17.7. The molecule has 0 bridgehead atoms. The molecule has 229 valence electrons. The van der Waals surface area contributed by atoms with Gasteiger partial charge >= 0.3 is 0 Å². The number of aromatic nitrogens is 3. The van der Waals surface area contributed by atoms with Crippen molar-refractivity contribution in [1.29, 1.82) is 0 Å². The average Bonchev–Trinajstić information content (AvgIpc) is 3.69. The maximum atomic E-state index is 7.28. The number of rotatable bonds is 5. The van der Waals surface area contributed by atoms with Gasteiger partial charge < -0.3 is 9.55 Å². The standard InChI is InChI=1S/C27H25N2S.C13H12N.Ir/c1-17(2)19-11-9-12-20(18(3)4)26(19)29-24-14-7-6-13-23(24)28-27(29)22-16-30-25-15-8-5-10-21(22)25;1-10-3-6-12(7-4-10)13-8-5-11(2)9-14-13;/h5-15,17-18H,1-4H3;3-6,8-9H,1-2H3;/q2*-1;/i;1D3,2D3;. The van der Waals surface area contributed by atoms with Crippen LogP contribution < -0.4 is 0 Å². The van der Waals surface area contributed by atoms with Crippen molar-refractivity contribution in [3.05, 3.63) is 137 Å². The zero-order valence-electron chi connectivity index (χ0n) is 31.6. The van der Waals surface area contributed by atoms with Crippen LogP contribution in [0.4, 0.5) is 0 Å². The third-order valence-electron chi connectivity index (χ3n) is 7.62. The third kappa shape index (κ3) is 6.72.